The van der Waals surface area contributed by atoms with E-state index in [-0.39, 0.29) is 36.6 Å². The molecule has 0 spiro atoms. The van der Waals surface area contributed by atoms with Crippen LogP contribution in [0.1, 0.15) is 77.9 Å². The molecule has 1 aliphatic heterocycles. The summed E-state index contributed by atoms with van der Waals surface area (Å²) >= 11 is 1.27. The summed E-state index contributed by atoms with van der Waals surface area (Å²) in [6, 6.07) is 0. The second-order valence-corrected chi connectivity index (χ2v) is 11.3. The van der Waals surface area contributed by atoms with E-state index in [1.54, 1.807) is 19.2 Å². The summed E-state index contributed by atoms with van der Waals surface area (Å²) < 4.78 is 18.9. The van der Waals surface area contributed by atoms with Gasteiger partial charge in [0, 0.05) is 23.1 Å². The number of nitrogens with zero attached hydrogens (tertiary/aromatic N) is 1. The minimum absolute atomic E-state index is 0.0255. The molecule has 0 aliphatic carbocycles. The van der Waals surface area contributed by atoms with Crippen LogP contribution in [0.25, 0.3) is 6.08 Å². The Bertz CT molecular complexity index is 962. The van der Waals surface area contributed by atoms with E-state index in [1.807, 2.05) is 26.8 Å². The van der Waals surface area contributed by atoms with Crippen molar-refractivity contribution in [3.63, 3.8) is 0 Å². The van der Waals surface area contributed by atoms with E-state index in [0.29, 0.717) is 23.0 Å². The normalized spacial score (nSPS) is 30.4. The smallest absolute Gasteiger partial charge is 0.161 e. The zero-order valence-electron chi connectivity index (χ0n) is 21.8. The van der Waals surface area contributed by atoms with Gasteiger partial charge in [0.25, 0.3) is 0 Å². The standard InChI is InChI=1S/C28H40FNO4S/c1-18-8-7-9-19(2)12-21(4)27(33)28(5,6)25(32)14-23(31)16-34-24(11-10-18)20(3)13-22-17-35-26(15-29)30-22/h7-8,10,13,17,19,21,24-25,32H,9,11-12,14-16H2,1-6H3/b8-7+,18-10-,20-13+/t19?,21-,24+,25+/m1/s1. The van der Waals surface area contributed by atoms with Gasteiger partial charge in [0.2, 0.25) is 0 Å². The first-order valence-corrected chi connectivity index (χ1v) is 13.2. The number of aliphatic hydroxyl groups excluding tert-OH is 1. The maximum absolute atomic E-state index is 13.1. The van der Waals surface area contributed by atoms with Crippen molar-refractivity contribution in [3.8, 4) is 0 Å². The van der Waals surface area contributed by atoms with Gasteiger partial charge in [-0.3, -0.25) is 9.59 Å². The van der Waals surface area contributed by atoms with Crippen molar-refractivity contribution in [1.82, 2.24) is 4.98 Å². The molecule has 0 amide bonds. The highest BCUT2D eigenvalue weighted by atomic mass is 32.1. The number of aliphatic hydroxyl groups is 1. The van der Waals surface area contributed by atoms with Gasteiger partial charge in [-0.15, -0.1) is 11.3 Å². The molecule has 4 atom stereocenters. The molecule has 7 heteroatoms. The number of alkyl halides is 1. The Morgan fingerprint density at radius 1 is 1.31 bits per heavy atom. The van der Waals surface area contributed by atoms with Crippen LogP contribution in [0.2, 0.25) is 0 Å². The number of allylic oxidation sites excluding steroid dienone is 3. The third kappa shape index (κ3) is 8.89. The van der Waals surface area contributed by atoms with E-state index in [9.17, 15) is 19.1 Å². The third-order valence-corrected chi connectivity index (χ3v) is 7.51. The van der Waals surface area contributed by atoms with E-state index in [2.05, 4.69) is 30.1 Å². The van der Waals surface area contributed by atoms with Crippen LogP contribution in [0.3, 0.4) is 0 Å². The number of ketones is 2. The van der Waals surface area contributed by atoms with E-state index in [1.165, 1.54) is 11.3 Å². The van der Waals surface area contributed by atoms with Crippen molar-refractivity contribution in [2.45, 2.75) is 86.1 Å². The van der Waals surface area contributed by atoms with Crippen LogP contribution in [0.4, 0.5) is 4.39 Å². The number of hydrogen-bond donors (Lipinski definition) is 1. The minimum Gasteiger partial charge on any atom is -0.392 e. The van der Waals surface area contributed by atoms with Crippen LogP contribution in [0.5, 0.6) is 0 Å². The van der Waals surface area contributed by atoms with Gasteiger partial charge in [-0.1, -0.05) is 51.5 Å². The fourth-order valence-electron chi connectivity index (χ4n) is 4.34. The molecule has 2 heterocycles. The van der Waals surface area contributed by atoms with Gasteiger partial charge >= 0.3 is 0 Å². The molecule has 0 fully saturated rings. The molecule has 1 aromatic rings. The number of carbonyl (C=O) groups excluding carboxylic acids is 2. The van der Waals surface area contributed by atoms with Crippen LogP contribution >= 0.6 is 11.3 Å². The number of Topliss-reactive ketones (excluding diaryl/α,β-unsaturated/α-hetero) is 2. The number of halogens is 1. The first-order valence-electron chi connectivity index (χ1n) is 12.3. The number of carbonyl (C=O) groups is 2. The Kier molecular flexibility index (Phi) is 11.2. The Hall–Kier alpha value is -1.96. The van der Waals surface area contributed by atoms with E-state index in [0.717, 1.165) is 24.0 Å². The highest BCUT2D eigenvalue weighted by Gasteiger charge is 2.39. The van der Waals surface area contributed by atoms with Gasteiger partial charge in [0.05, 0.1) is 17.9 Å². The maximum atomic E-state index is 13.1. The van der Waals surface area contributed by atoms with Crippen LogP contribution in [0.15, 0.2) is 34.8 Å². The van der Waals surface area contributed by atoms with Crippen molar-refractivity contribution >= 4 is 29.0 Å². The molecule has 2 rings (SSSR count). The van der Waals surface area contributed by atoms with Gasteiger partial charge in [0.15, 0.2) is 5.78 Å². The zero-order chi connectivity index (χ0) is 26.2. The average Bonchev–Trinajstić information content (AvgIpc) is 3.25. The molecule has 0 aromatic carbocycles. The summed E-state index contributed by atoms with van der Waals surface area (Å²) in [5, 5.41) is 13.0. The van der Waals surface area contributed by atoms with Crippen molar-refractivity contribution < 1.29 is 23.8 Å². The number of hydrogen-bond acceptors (Lipinski definition) is 6. The fraction of sp³-hybridized carbons (Fsp3) is 0.607. The maximum Gasteiger partial charge on any atom is 0.161 e. The van der Waals surface area contributed by atoms with Crippen molar-refractivity contribution in [1.29, 1.82) is 0 Å². The Balaban J connectivity index is 2.28. The molecular formula is C28H40FNO4S. The third-order valence-electron chi connectivity index (χ3n) is 6.68. The molecule has 5 nitrogen and oxygen atoms in total. The summed E-state index contributed by atoms with van der Waals surface area (Å²) in [5.41, 5.74) is 1.60. The molecule has 0 radical (unpaired) electrons. The number of rotatable bonds is 3. The van der Waals surface area contributed by atoms with Gasteiger partial charge in [-0.25, -0.2) is 9.37 Å². The minimum atomic E-state index is -1.08. The lowest BCUT2D eigenvalue weighted by Crippen LogP contribution is -2.42. The molecular weight excluding hydrogens is 465 g/mol. The number of ether oxygens (including phenoxy) is 1. The molecule has 1 unspecified atom stereocenters. The molecule has 1 aromatic heterocycles. The van der Waals surface area contributed by atoms with Crippen LogP contribution in [-0.2, 0) is 21.0 Å². The summed E-state index contributed by atoms with van der Waals surface area (Å²) in [6.45, 7) is 10.6. The molecule has 35 heavy (non-hydrogen) atoms. The van der Waals surface area contributed by atoms with Crippen molar-refractivity contribution in [2.24, 2.45) is 17.3 Å². The van der Waals surface area contributed by atoms with Crippen molar-refractivity contribution in [2.75, 3.05) is 6.61 Å². The summed E-state index contributed by atoms with van der Waals surface area (Å²) in [5.74, 6) is -0.169. The molecule has 1 N–H and O–H groups in total. The lowest BCUT2D eigenvalue weighted by molar-refractivity contribution is -0.140. The number of aromatic nitrogens is 1. The lowest BCUT2D eigenvalue weighted by atomic mass is 9.73. The quantitative estimate of drug-likeness (QED) is 0.524. The molecule has 0 saturated heterocycles. The molecule has 194 valence electrons. The Labute approximate surface area is 213 Å². The first-order chi connectivity index (χ1) is 16.4. The fourth-order valence-corrected chi connectivity index (χ4v) is 4.94. The Morgan fingerprint density at radius 3 is 2.69 bits per heavy atom. The van der Waals surface area contributed by atoms with E-state index >= 15 is 0 Å². The summed E-state index contributed by atoms with van der Waals surface area (Å²) in [6.07, 6.45) is 8.67. The predicted molar refractivity (Wildman–Crippen MR) is 140 cm³/mol. The second-order valence-electron chi connectivity index (χ2n) is 10.4. The van der Waals surface area contributed by atoms with Gasteiger partial charge in [-0.2, -0.15) is 0 Å². The Morgan fingerprint density at radius 2 is 2.03 bits per heavy atom. The van der Waals surface area contributed by atoms with Crippen LogP contribution in [-0.4, -0.2) is 40.5 Å². The van der Waals surface area contributed by atoms with Crippen LogP contribution < -0.4 is 0 Å². The molecule has 0 bridgehead atoms. The van der Waals surface area contributed by atoms with Gasteiger partial charge in [-0.05, 0) is 50.7 Å². The summed E-state index contributed by atoms with van der Waals surface area (Å²) in [7, 11) is 0. The first kappa shape index (κ1) is 29.3. The predicted octanol–water partition coefficient (Wildman–Crippen LogP) is 6.28. The average molecular weight is 506 g/mol. The number of thiazole rings is 1. The second kappa shape index (κ2) is 13.4. The monoisotopic (exact) mass is 505 g/mol. The zero-order valence-corrected chi connectivity index (χ0v) is 22.7. The highest BCUT2D eigenvalue weighted by Crippen LogP contribution is 2.31. The SMILES string of the molecule is CC1=C/C[C@@H](/C(C)=C/c2csc(CF)n2)OCC(=O)C[C@H](O)C(C)(C)C(=O)[C@H](C)CC(C)C\C=C\1. The topological polar surface area (TPSA) is 76.5 Å². The van der Waals surface area contributed by atoms with Gasteiger partial charge < -0.3 is 9.84 Å². The molecule has 1 aliphatic rings. The van der Waals surface area contributed by atoms with Crippen molar-refractivity contribution in [3.05, 3.63) is 45.5 Å². The van der Waals surface area contributed by atoms with E-state index < -0.39 is 18.2 Å². The molecule has 0 saturated carbocycles. The lowest BCUT2D eigenvalue weighted by Gasteiger charge is -2.32. The highest BCUT2D eigenvalue weighted by molar-refractivity contribution is 7.09. The van der Waals surface area contributed by atoms with E-state index in [4.69, 9.17) is 4.74 Å². The van der Waals surface area contributed by atoms with Gasteiger partial charge in [0.1, 0.15) is 24.1 Å². The summed E-state index contributed by atoms with van der Waals surface area (Å²) in [4.78, 5) is 30.1. The van der Waals surface area contributed by atoms with Crippen LogP contribution in [0, 0.1) is 17.3 Å². The largest absolute Gasteiger partial charge is 0.392 e.